The normalized spacial score (nSPS) is 34.8. The van der Waals surface area contributed by atoms with Crippen LogP contribution < -0.4 is 5.32 Å². The molecule has 3 fully saturated rings. The van der Waals surface area contributed by atoms with Gasteiger partial charge in [-0.1, -0.05) is 24.1 Å². The van der Waals surface area contributed by atoms with Crippen molar-refractivity contribution in [3.63, 3.8) is 0 Å². The summed E-state index contributed by atoms with van der Waals surface area (Å²) in [4.78, 5) is 15.5. The van der Waals surface area contributed by atoms with Gasteiger partial charge in [-0.3, -0.25) is 4.79 Å². The highest BCUT2D eigenvalue weighted by Crippen LogP contribution is 2.50. The molecule has 122 valence electrons. The zero-order valence-electron chi connectivity index (χ0n) is 14.0. The number of amides is 1. The zero-order chi connectivity index (χ0) is 15.6. The Kier molecular flexibility index (Phi) is 2.94. The van der Waals surface area contributed by atoms with Crippen LogP contribution in [0.3, 0.4) is 0 Å². The van der Waals surface area contributed by atoms with E-state index in [1.54, 1.807) is 0 Å². The van der Waals surface area contributed by atoms with Crippen LogP contribution in [-0.2, 0) is 10.2 Å². The molecule has 3 nitrogen and oxygen atoms in total. The van der Waals surface area contributed by atoms with Crippen molar-refractivity contribution in [2.24, 2.45) is 11.8 Å². The van der Waals surface area contributed by atoms with E-state index in [0.29, 0.717) is 0 Å². The quantitative estimate of drug-likeness (QED) is 0.861. The Bertz CT molecular complexity index is 660. The second-order valence-electron chi connectivity index (χ2n) is 8.36. The largest absolute Gasteiger partial charge is 0.325 e. The lowest BCUT2D eigenvalue weighted by Gasteiger charge is -2.43. The average molecular weight is 310 g/mol. The molecule has 1 aromatic rings. The number of likely N-dealkylation sites (tertiary alicyclic amines) is 1. The summed E-state index contributed by atoms with van der Waals surface area (Å²) in [6.45, 7) is 4.31. The van der Waals surface area contributed by atoms with Crippen molar-refractivity contribution in [1.82, 2.24) is 4.90 Å². The van der Waals surface area contributed by atoms with E-state index in [4.69, 9.17) is 0 Å². The van der Waals surface area contributed by atoms with Gasteiger partial charge in [0.1, 0.15) is 0 Å². The van der Waals surface area contributed by atoms with E-state index in [0.717, 1.165) is 49.5 Å². The van der Waals surface area contributed by atoms with Gasteiger partial charge in [0.2, 0.25) is 5.91 Å². The number of carbonyl (C=O) groups excluding carboxylic acids is 1. The highest BCUT2D eigenvalue weighted by Gasteiger charge is 2.50. The molecule has 3 atom stereocenters. The molecule has 3 heteroatoms. The molecule has 5 rings (SSSR count). The number of hydrogen-bond donors (Lipinski definition) is 1. The Morgan fingerprint density at radius 1 is 1.17 bits per heavy atom. The van der Waals surface area contributed by atoms with Crippen LogP contribution in [0.1, 0.15) is 49.7 Å². The molecule has 0 aromatic heterocycles. The monoisotopic (exact) mass is 310 g/mol. The number of hydrogen-bond acceptors (Lipinski definition) is 2. The lowest BCUT2D eigenvalue weighted by atomic mass is 9.73. The maximum Gasteiger partial charge on any atom is 0.235 e. The molecule has 1 amide bonds. The summed E-state index contributed by atoms with van der Waals surface area (Å²) in [6.07, 6.45) is 7.77. The lowest BCUT2D eigenvalue weighted by molar-refractivity contribution is -0.122. The van der Waals surface area contributed by atoms with Gasteiger partial charge in [0.15, 0.2) is 0 Å². The number of benzene rings is 1. The van der Waals surface area contributed by atoms with E-state index in [-0.39, 0.29) is 11.3 Å². The lowest BCUT2D eigenvalue weighted by Crippen LogP contribution is -2.50. The fourth-order valence-electron chi connectivity index (χ4n) is 5.92. The molecule has 0 unspecified atom stereocenters. The molecular formula is C20H26N2O. The maximum absolute atomic E-state index is 12.7. The van der Waals surface area contributed by atoms with E-state index in [9.17, 15) is 4.79 Å². The molecule has 2 bridgehead atoms. The topological polar surface area (TPSA) is 32.3 Å². The highest BCUT2D eigenvalue weighted by molar-refractivity contribution is 6.06. The summed E-state index contributed by atoms with van der Waals surface area (Å²) in [5.41, 5.74) is 3.31. The minimum Gasteiger partial charge on any atom is -0.325 e. The van der Waals surface area contributed by atoms with E-state index >= 15 is 0 Å². The van der Waals surface area contributed by atoms with Crippen LogP contribution in [0.2, 0.25) is 0 Å². The molecule has 1 saturated heterocycles. The van der Waals surface area contributed by atoms with Crippen molar-refractivity contribution in [3.8, 4) is 0 Å². The third-order valence-corrected chi connectivity index (χ3v) is 7.19. The van der Waals surface area contributed by atoms with Gasteiger partial charge in [-0.15, -0.1) is 0 Å². The smallest absolute Gasteiger partial charge is 0.235 e. The standard InChI is InChI=1S/C20H26N2O/c1-13-2-5-17-16(10-13)20(19(23)21-17)6-8-22(9-7-20)18-12-14-3-4-15(18)11-14/h2,5,10,14-15,18H,3-4,6-9,11-12H2,1H3,(H,21,23)/t14-,15+,18-/m1/s1. The van der Waals surface area contributed by atoms with Gasteiger partial charge in [-0.25, -0.2) is 0 Å². The molecule has 4 aliphatic rings. The van der Waals surface area contributed by atoms with E-state index in [2.05, 4.69) is 35.3 Å². The Balaban J connectivity index is 1.38. The summed E-state index contributed by atoms with van der Waals surface area (Å²) in [7, 11) is 0. The second-order valence-corrected chi connectivity index (χ2v) is 8.36. The first-order valence-corrected chi connectivity index (χ1v) is 9.32. The van der Waals surface area contributed by atoms with Gasteiger partial charge in [-0.05, 0) is 75.6 Å². The van der Waals surface area contributed by atoms with E-state index in [1.807, 2.05) is 0 Å². The molecular weight excluding hydrogens is 284 g/mol. The van der Waals surface area contributed by atoms with Crippen molar-refractivity contribution in [1.29, 1.82) is 0 Å². The van der Waals surface area contributed by atoms with Gasteiger partial charge in [0.05, 0.1) is 5.41 Å². The minimum absolute atomic E-state index is 0.241. The first kappa shape index (κ1) is 14.0. The summed E-state index contributed by atoms with van der Waals surface area (Å²) in [6, 6.07) is 7.23. The van der Waals surface area contributed by atoms with Gasteiger partial charge < -0.3 is 10.2 Å². The summed E-state index contributed by atoms with van der Waals surface area (Å²) in [5, 5.41) is 3.14. The molecule has 2 aliphatic carbocycles. The van der Waals surface area contributed by atoms with Gasteiger partial charge >= 0.3 is 0 Å². The van der Waals surface area contributed by atoms with Crippen LogP contribution >= 0.6 is 0 Å². The van der Waals surface area contributed by atoms with Crippen molar-refractivity contribution in [3.05, 3.63) is 29.3 Å². The third-order valence-electron chi connectivity index (χ3n) is 7.19. The number of anilines is 1. The second kappa shape index (κ2) is 4.83. The van der Waals surface area contributed by atoms with Crippen LogP contribution in [0.25, 0.3) is 0 Å². The number of nitrogens with one attached hydrogen (secondary N) is 1. The van der Waals surface area contributed by atoms with Crippen molar-refractivity contribution in [2.75, 3.05) is 18.4 Å². The predicted octanol–water partition coefficient (Wildman–Crippen LogP) is 3.47. The van der Waals surface area contributed by atoms with E-state index < -0.39 is 0 Å². The first-order valence-electron chi connectivity index (χ1n) is 9.32. The number of piperidine rings is 1. The maximum atomic E-state index is 12.7. The molecule has 23 heavy (non-hydrogen) atoms. The Hall–Kier alpha value is -1.35. The molecule has 1 aromatic carbocycles. The third kappa shape index (κ3) is 1.95. The molecule has 2 heterocycles. The first-order chi connectivity index (χ1) is 11.2. The average Bonchev–Trinajstić information content (AvgIpc) is 3.25. The minimum atomic E-state index is -0.254. The summed E-state index contributed by atoms with van der Waals surface area (Å²) >= 11 is 0. The Morgan fingerprint density at radius 3 is 2.70 bits per heavy atom. The van der Waals surface area contributed by atoms with Crippen molar-refractivity contribution < 1.29 is 4.79 Å². The molecule has 2 saturated carbocycles. The van der Waals surface area contributed by atoms with Gasteiger partial charge in [0, 0.05) is 11.7 Å². The Morgan fingerprint density at radius 2 is 2.00 bits per heavy atom. The number of rotatable bonds is 1. The van der Waals surface area contributed by atoms with Gasteiger partial charge in [0.25, 0.3) is 0 Å². The number of carbonyl (C=O) groups is 1. The number of aryl methyl sites for hydroxylation is 1. The molecule has 0 radical (unpaired) electrons. The number of fused-ring (bicyclic) bond motifs is 4. The fraction of sp³-hybridized carbons (Fsp3) is 0.650. The summed E-state index contributed by atoms with van der Waals surface area (Å²) in [5.74, 6) is 2.19. The van der Waals surface area contributed by atoms with E-state index in [1.165, 1.54) is 36.8 Å². The van der Waals surface area contributed by atoms with Gasteiger partial charge in [-0.2, -0.15) is 0 Å². The van der Waals surface area contributed by atoms with Crippen LogP contribution in [0.15, 0.2) is 18.2 Å². The molecule has 1 N–H and O–H groups in total. The fourth-order valence-corrected chi connectivity index (χ4v) is 5.92. The Labute approximate surface area is 138 Å². The SMILES string of the molecule is Cc1ccc2c(c1)C1(CCN([C@@H]3C[C@@H]4CC[C@H]3C4)CC1)C(=O)N2. The molecule has 1 spiro atoms. The van der Waals surface area contributed by atoms with Crippen molar-refractivity contribution >= 4 is 11.6 Å². The highest BCUT2D eigenvalue weighted by atomic mass is 16.2. The molecule has 2 aliphatic heterocycles. The zero-order valence-corrected chi connectivity index (χ0v) is 14.0. The van der Waals surface area contributed by atoms with Crippen LogP contribution in [0.5, 0.6) is 0 Å². The van der Waals surface area contributed by atoms with Crippen LogP contribution in [0, 0.1) is 18.8 Å². The van der Waals surface area contributed by atoms with Crippen molar-refractivity contribution in [2.45, 2.75) is 56.9 Å². The van der Waals surface area contributed by atoms with Crippen LogP contribution in [0.4, 0.5) is 5.69 Å². The summed E-state index contributed by atoms with van der Waals surface area (Å²) < 4.78 is 0. The number of nitrogens with zero attached hydrogens (tertiary/aromatic N) is 1. The predicted molar refractivity (Wildman–Crippen MR) is 91.5 cm³/mol. The van der Waals surface area contributed by atoms with Crippen LogP contribution in [-0.4, -0.2) is 29.9 Å².